The van der Waals surface area contributed by atoms with Crippen molar-refractivity contribution in [1.82, 2.24) is 20.9 Å². The maximum absolute atomic E-state index is 11.7. The fourth-order valence-corrected chi connectivity index (χ4v) is 3.72. The van der Waals surface area contributed by atoms with Crippen LogP contribution in [0.15, 0.2) is 4.99 Å². The van der Waals surface area contributed by atoms with E-state index in [2.05, 4.69) is 32.8 Å². The third kappa shape index (κ3) is 8.85. The molecule has 2 aliphatic rings. The van der Waals surface area contributed by atoms with Crippen LogP contribution < -0.4 is 16.0 Å². The van der Waals surface area contributed by atoms with Crippen LogP contribution in [0.4, 0.5) is 4.79 Å². The molecule has 0 radical (unpaired) electrons. The zero-order chi connectivity index (χ0) is 18.8. The van der Waals surface area contributed by atoms with Crippen molar-refractivity contribution in [3.63, 3.8) is 0 Å². The molecule has 2 atom stereocenters. The molecular weight excluding hydrogens is 457 g/mol. The normalized spacial score (nSPS) is 21.7. The molecule has 1 aliphatic carbocycles. The number of piperidine rings is 1. The van der Waals surface area contributed by atoms with Crippen LogP contribution in [0.25, 0.3) is 0 Å². The first-order chi connectivity index (χ1) is 12.7. The molecule has 1 amide bonds. The number of nitrogens with zero attached hydrogens (tertiary/aromatic N) is 2. The van der Waals surface area contributed by atoms with E-state index in [4.69, 9.17) is 4.74 Å². The lowest BCUT2D eigenvalue weighted by Gasteiger charge is -2.35. The van der Waals surface area contributed by atoms with Crippen LogP contribution >= 0.6 is 24.0 Å². The molecule has 0 aromatic heterocycles. The number of carbonyl (C=O) groups is 1. The van der Waals surface area contributed by atoms with E-state index in [0.717, 1.165) is 37.9 Å². The van der Waals surface area contributed by atoms with Crippen LogP contribution in [0.2, 0.25) is 0 Å². The highest BCUT2D eigenvalue weighted by atomic mass is 127. The summed E-state index contributed by atoms with van der Waals surface area (Å²) in [4.78, 5) is 18.6. The summed E-state index contributed by atoms with van der Waals surface area (Å²) in [7, 11) is 1.79. The molecule has 1 aliphatic heterocycles. The van der Waals surface area contributed by atoms with E-state index in [1.54, 1.807) is 7.05 Å². The van der Waals surface area contributed by atoms with Gasteiger partial charge in [0.1, 0.15) is 0 Å². The summed E-state index contributed by atoms with van der Waals surface area (Å²) in [6.07, 6.45) is 7.23. The summed E-state index contributed by atoms with van der Waals surface area (Å²) < 4.78 is 5.01. The number of ether oxygens (including phenoxy) is 1. The van der Waals surface area contributed by atoms with Gasteiger partial charge in [-0.05, 0) is 51.5 Å². The summed E-state index contributed by atoms with van der Waals surface area (Å²) in [5.74, 6) is 1.34. The van der Waals surface area contributed by atoms with Crippen molar-refractivity contribution < 1.29 is 9.53 Å². The standard InChI is InChI=1S/C19H37N5O2.HI/c1-4-16-8-6-7-12-24(16)13-11-21-18(20-3)22-14-17(15-9-10-15)23-19(25)26-5-2;/h15-17H,4-14H2,1-3H3,(H,23,25)(H2,20,21,22);1H. The summed E-state index contributed by atoms with van der Waals surface area (Å²) in [5, 5.41) is 9.73. The van der Waals surface area contributed by atoms with Gasteiger partial charge in [0.25, 0.3) is 0 Å². The second kappa shape index (κ2) is 13.4. The van der Waals surface area contributed by atoms with Gasteiger partial charge in [0, 0.05) is 32.7 Å². The van der Waals surface area contributed by atoms with E-state index in [1.807, 2.05) is 6.92 Å². The first kappa shape index (κ1) is 24.3. The molecular formula is C19H38IN5O2. The lowest BCUT2D eigenvalue weighted by Crippen LogP contribution is -2.50. The fraction of sp³-hybridized carbons (Fsp3) is 0.895. The first-order valence-corrected chi connectivity index (χ1v) is 10.3. The van der Waals surface area contributed by atoms with E-state index in [9.17, 15) is 4.79 Å². The van der Waals surface area contributed by atoms with Crippen molar-refractivity contribution >= 4 is 36.0 Å². The quantitative estimate of drug-likeness (QED) is 0.261. The Bertz CT molecular complexity index is 459. The van der Waals surface area contributed by atoms with Gasteiger partial charge >= 0.3 is 6.09 Å². The molecule has 1 saturated heterocycles. The molecule has 0 spiro atoms. The van der Waals surface area contributed by atoms with Crippen molar-refractivity contribution in [3.8, 4) is 0 Å². The lowest BCUT2D eigenvalue weighted by atomic mass is 10.0. The van der Waals surface area contributed by atoms with Gasteiger partial charge in [0.05, 0.1) is 12.6 Å². The maximum atomic E-state index is 11.7. The topological polar surface area (TPSA) is 78.0 Å². The number of aliphatic imine (C=N–C) groups is 1. The molecule has 8 heteroatoms. The Hall–Kier alpha value is -0.770. The third-order valence-corrected chi connectivity index (χ3v) is 5.39. The average molecular weight is 495 g/mol. The molecule has 2 fully saturated rings. The SMILES string of the molecule is CCOC(=O)NC(CNC(=NC)NCCN1CCCCC1CC)C1CC1.I. The van der Waals surface area contributed by atoms with Crippen LogP contribution in [0.1, 0.15) is 52.4 Å². The monoisotopic (exact) mass is 495 g/mol. The molecule has 158 valence electrons. The van der Waals surface area contributed by atoms with Gasteiger partial charge in [-0.3, -0.25) is 9.89 Å². The highest BCUT2D eigenvalue weighted by Crippen LogP contribution is 2.32. The van der Waals surface area contributed by atoms with Gasteiger partial charge in [-0.1, -0.05) is 13.3 Å². The molecule has 2 unspecified atom stereocenters. The minimum absolute atomic E-state index is 0. The zero-order valence-electron chi connectivity index (χ0n) is 17.1. The Morgan fingerprint density at radius 1 is 1.22 bits per heavy atom. The predicted octanol–water partition coefficient (Wildman–Crippen LogP) is 2.56. The van der Waals surface area contributed by atoms with E-state index in [0.29, 0.717) is 19.1 Å². The Morgan fingerprint density at radius 2 is 2.00 bits per heavy atom. The number of guanidine groups is 1. The Labute approximate surface area is 181 Å². The Morgan fingerprint density at radius 3 is 2.63 bits per heavy atom. The van der Waals surface area contributed by atoms with Gasteiger partial charge in [-0.25, -0.2) is 4.79 Å². The second-order valence-electron chi connectivity index (χ2n) is 7.28. The number of nitrogens with one attached hydrogen (secondary N) is 3. The highest BCUT2D eigenvalue weighted by molar-refractivity contribution is 14.0. The number of hydrogen-bond acceptors (Lipinski definition) is 4. The second-order valence-corrected chi connectivity index (χ2v) is 7.28. The molecule has 0 aromatic carbocycles. The van der Waals surface area contributed by atoms with Gasteiger partial charge in [0.2, 0.25) is 0 Å². The van der Waals surface area contributed by atoms with Crippen LogP contribution in [0.3, 0.4) is 0 Å². The summed E-state index contributed by atoms with van der Waals surface area (Å²) in [6.45, 7) is 8.31. The molecule has 7 nitrogen and oxygen atoms in total. The van der Waals surface area contributed by atoms with Crippen molar-refractivity contribution in [1.29, 1.82) is 0 Å². The number of alkyl carbamates (subject to hydrolysis) is 1. The Balaban J connectivity index is 0.00000364. The number of halogens is 1. The van der Waals surface area contributed by atoms with Crippen LogP contribution in [0, 0.1) is 5.92 Å². The summed E-state index contributed by atoms with van der Waals surface area (Å²) in [6, 6.07) is 0.827. The molecule has 27 heavy (non-hydrogen) atoms. The molecule has 0 bridgehead atoms. The molecule has 3 N–H and O–H groups in total. The van der Waals surface area contributed by atoms with Gasteiger partial charge < -0.3 is 20.7 Å². The minimum Gasteiger partial charge on any atom is -0.450 e. The fourth-order valence-electron chi connectivity index (χ4n) is 3.72. The van der Waals surface area contributed by atoms with Crippen LogP contribution in [0.5, 0.6) is 0 Å². The first-order valence-electron chi connectivity index (χ1n) is 10.3. The average Bonchev–Trinajstić information content (AvgIpc) is 3.49. The third-order valence-electron chi connectivity index (χ3n) is 5.39. The zero-order valence-corrected chi connectivity index (χ0v) is 19.5. The van der Waals surface area contributed by atoms with E-state index in [1.165, 1.54) is 32.2 Å². The van der Waals surface area contributed by atoms with Gasteiger partial charge in [-0.15, -0.1) is 24.0 Å². The lowest BCUT2D eigenvalue weighted by molar-refractivity contribution is 0.146. The molecule has 1 saturated carbocycles. The predicted molar refractivity (Wildman–Crippen MR) is 121 cm³/mol. The maximum Gasteiger partial charge on any atom is 0.407 e. The van der Waals surface area contributed by atoms with E-state index >= 15 is 0 Å². The smallest absolute Gasteiger partial charge is 0.407 e. The largest absolute Gasteiger partial charge is 0.450 e. The number of hydrogen-bond donors (Lipinski definition) is 3. The number of rotatable bonds is 9. The van der Waals surface area contributed by atoms with Crippen molar-refractivity contribution in [2.24, 2.45) is 10.9 Å². The van der Waals surface area contributed by atoms with Gasteiger partial charge in [-0.2, -0.15) is 0 Å². The van der Waals surface area contributed by atoms with Gasteiger partial charge in [0.15, 0.2) is 5.96 Å². The van der Waals surface area contributed by atoms with Crippen molar-refractivity contribution in [2.75, 3.05) is 39.8 Å². The van der Waals surface area contributed by atoms with Crippen molar-refractivity contribution in [2.45, 2.75) is 64.5 Å². The van der Waals surface area contributed by atoms with E-state index < -0.39 is 0 Å². The number of carbonyl (C=O) groups excluding carboxylic acids is 1. The Kier molecular flexibility index (Phi) is 12.1. The molecule has 1 heterocycles. The van der Waals surface area contributed by atoms with Crippen LogP contribution in [-0.2, 0) is 4.74 Å². The summed E-state index contributed by atoms with van der Waals surface area (Å²) in [5.41, 5.74) is 0. The minimum atomic E-state index is -0.329. The highest BCUT2D eigenvalue weighted by Gasteiger charge is 2.32. The van der Waals surface area contributed by atoms with Crippen LogP contribution in [-0.4, -0.2) is 68.9 Å². The molecule has 2 rings (SSSR count). The summed E-state index contributed by atoms with van der Waals surface area (Å²) >= 11 is 0. The van der Waals surface area contributed by atoms with Crippen molar-refractivity contribution in [3.05, 3.63) is 0 Å². The number of amides is 1. The van der Waals surface area contributed by atoms with E-state index in [-0.39, 0.29) is 36.1 Å². The molecule has 0 aromatic rings. The number of likely N-dealkylation sites (tertiary alicyclic amines) is 1.